The fourth-order valence-corrected chi connectivity index (χ4v) is 3.79. The summed E-state index contributed by atoms with van der Waals surface area (Å²) in [5.41, 5.74) is 0. The maximum Gasteiger partial charge on any atom is 0.313 e. The number of hydrogen-bond donors (Lipinski definition) is 2. The van der Waals surface area contributed by atoms with Crippen molar-refractivity contribution in [2.45, 2.75) is 36.4 Å². The monoisotopic (exact) mass is 289 g/mol. The van der Waals surface area contributed by atoms with Crippen LogP contribution in [0.15, 0.2) is 5.16 Å². The van der Waals surface area contributed by atoms with Crippen LogP contribution >= 0.6 is 23.5 Å². The van der Waals surface area contributed by atoms with Crippen molar-refractivity contribution < 1.29 is 15.0 Å². The highest BCUT2D eigenvalue weighted by atomic mass is 32.2. The Hall–Kier alpha value is -0.730. The summed E-state index contributed by atoms with van der Waals surface area (Å²) in [6, 6.07) is 0. The van der Waals surface area contributed by atoms with Crippen molar-refractivity contribution in [3.63, 3.8) is 0 Å². The topological polar surface area (TPSA) is 88.2 Å². The molecule has 0 bridgehead atoms. The third-order valence-corrected chi connectivity index (χ3v) is 5.00. The third kappa shape index (κ3) is 3.39. The summed E-state index contributed by atoms with van der Waals surface area (Å²) >= 11 is 3.05. The second-order valence-electron chi connectivity index (χ2n) is 3.98. The number of aliphatic hydroxyl groups excluding tert-OH is 1. The molecule has 1 atom stereocenters. The van der Waals surface area contributed by atoms with Gasteiger partial charge in [0.25, 0.3) is 0 Å². The number of nitrogens with zero attached hydrogens (tertiary/aromatic N) is 3. The molecule has 1 aliphatic heterocycles. The van der Waals surface area contributed by atoms with Gasteiger partial charge in [0.1, 0.15) is 6.61 Å². The van der Waals surface area contributed by atoms with E-state index in [1.165, 1.54) is 12.2 Å². The van der Waals surface area contributed by atoms with E-state index in [1.807, 2.05) is 16.3 Å². The van der Waals surface area contributed by atoms with Crippen LogP contribution in [0.2, 0.25) is 0 Å². The molecule has 2 rings (SSSR count). The number of thioether (sulfide) groups is 2. The van der Waals surface area contributed by atoms with Gasteiger partial charge in [-0.25, -0.2) is 0 Å². The molecule has 0 amide bonds. The first kappa shape index (κ1) is 13.7. The first-order chi connectivity index (χ1) is 8.70. The summed E-state index contributed by atoms with van der Waals surface area (Å²) < 4.78 is 1.84. The minimum absolute atomic E-state index is 0.0403. The highest BCUT2D eigenvalue weighted by molar-refractivity contribution is 8.00. The Balaban J connectivity index is 2.08. The molecule has 100 valence electrons. The molecule has 2 N–H and O–H groups in total. The Labute approximate surface area is 113 Å². The van der Waals surface area contributed by atoms with E-state index in [-0.39, 0.29) is 12.4 Å². The quantitative estimate of drug-likeness (QED) is 0.750. The number of carboxylic acids is 1. The lowest BCUT2D eigenvalue weighted by Crippen LogP contribution is -2.14. The second kappa shape index (κ2) is 6.44. The number of carboxylic acid groups (broad SMARTS) is 1. The van der Waals surface area contributed by atoms with Crippen molar-refractivity contribution >= 4 is 29.5 Å². The molecule has 0 aromatic carbocycles. The molecule has 2 heterocycles. The van der Waals surface area contributed by atoms with Gasteiger partial charge >= 0.3 is 5.97 Å². The molecule has 0 saturated carbocycles. The van der Waals surface area contributed by atoms with Gasteiger partial charge in [-0.1, -0.05) is 11.8 Å². The van der Waals surface area contributed by atoms with Crippen molar-refractivity contribution in [3.8, 4) is 0 Å². The largest absolute Gasteiger partial charge is 0.481 e. The Bertz CT molecular complexity index is 419. The average molecular weight is 289 g/mol. The molecule has 1 saturated heterocycles. The van der Waals surface area contributed by atoms with Gasteiger partial charge < -0.3 is 14.8 Å². The minimum atomic E-state index is -0.879. The zero-order valence-corrected chi connectivity index (χ0v) is 11.4. The SMILES string of the molecule is O=C(O)CSc1nnc(CO)n1CC1CCCS1. The fraction of sp³-hybridized carbons (Fsp3) is 0.700. The summed E-state index contributed by atoms with van der Waals surface area (Å²) in [4.78, 5) is 10.6. The molecular formula is C10H15N3O3S2. The lowest BCUT2D eigenvalue weighted by atomic mass is 10.2. The lowest BCUT2D eigenvalue weighted by molar-refractivity contribution is -0.133. The molecule has 1 aliphatic rings. The van der Waals surface area contributed by atoms with Gasteiger partial charge in [-0.15, -0.1) is 10.2 Å². The van der Waals surface area contributed by atoms with Crippen LogP contribution in [0, 0.1) is 0 Å². The Morgan fingerprint density at radius 3 is 3.00 bits per heavy atom. The summed E-state index contributed by atoms with van der Waals surface area (Å²) in [5.74, 6) is 0.756. The standard InChI is InChI=1S/C10H15N3O3S2/c14-5-8-11-12-10(18-6-9(15)16)13(8)4-7-2-1-3-17-7/h7,14H,1-6H2,(H,15,16). The molecule has 1 fully saturated rings. The van der Waals surface area contributed by atoms with E-state index < -0.39 is 5.97 Å². The highest BCUT2D eigenvalue weighted by Crippen LogP contribution is 2.29. The molecule has 1 aromatic heterocycles. The highest BCUT2D eigenvalue weighted by Gasteiger charge is 2.20. The molecule has 0 aliphatic carbocycles. The smallest absolute Gasteiger partial charge is 0.313 e. The normalized spacial score (nSPS) is 19.3. The molecule has 6 nitrogen and oxygen atoms in total. The number of carbonyl (C=O) groups is 1. The predicted molar refractivity (Wildman–Crippen MR) is 69.8 cm³/mol. The van der Waals surface area contributed by atoms with Gasteiger partial charge in [0.2, 0.25) is 0 Å². The van der Waals surface area contributed by atoms with Crippen LogP contribution in [-0.2, 0) is 17.9 Å². The number of aromatic nitrogens is 3. The maximum atomic E-state index is 10.6. The van der Waals surface area contributed by atoms with Crippen molar-refractivity contribution in [1.29, 1.82) is 0 Å². The number of aliphatic carboxylic acids is 1. The van der Waals surface area contributed by atoms with Crippen molar-refractivity contribution in [2.75, 3.05) is 11.5 Å². The predicted octanol–water partition coefficient (Wildman–Crippen LogP) is 0.843. The zero-order valence-electron chi connectivity index (χ0n) is 9.78. The molecule has 18 heavy (non-hydrogen) atoms. The van der Waals surface area contributed by atoms with E-state index in [4.69, 9.17) is 5.11 Å². The van der Waals surface area contributed by atoms with Crippen molar-refractivity contribution in [3.05, 3.63) is 5.82 Å². The average Bonchev–Trinajstić information content (AvgIpc) is 2.97. The van der Waals surface area contributed by atoms with Crippen LogP contribution in [-0.4, -0.2) is 47.7 Å². The molecule has 0 radical (unpaired) electrons. The number of hydrogen-bond acceptors (Lipinski definition) is 6. The number of rotatable bonds is 6. The van der Waals surface area contributed by atoms with Gasteiger partial charge in [0.15, 0.2) is 11.0 Å². The van der Waals surface area contributed by atoms with E-state index in [0.29, 0.717) is 16.2 Å². The van der Waals surface area contributed by atoms with E-state index >= 15 is 0 Å². The fourth-order valence-electron chi connectivity index (χ4n) is 1.84. The van der Waals surface area contributed by atoms with Crippen molar-refractivity contribution in [1.82, 2.24) is 14.8 Å². The summed E-state index contributed by atoms with van der Waals surface area (Å²) in [5, 5.41) is 26.8. The van der Waals surface area contributed by atoms with E-state index in [2.05, 4.69) is 10.2 Å². The van der Waals surface area contributed by atoms with Crippen LogP contribution < -0.4 is 0 Å². The molecular weight excluding hydrogens is 274 g/mol. The van der Waals surface area contributed by atoms with E-state index in [1.54, 1.807) is 0 Å². The lowest BCUT2D eigenvalue weighted by Gasteiger charge is -2.13. The Morgan fingerprint density at radius 2 is 2.39 bits per heavy atom. The van der Waals surface area contributed by atoms with Gasteiger partial charge in [-0.3, -0.25) is 4.79 Å². The van der Waals surface area contributed by atoms with Gasteiger partial charge in [-0.2, -0.15) is 11.8 Å². The zero-order chi connectivity index (χ0) is 13.0. The van der Waals surface area contributed by atoms with Crippen molar-refractivity contribution in [2.24, 2.45) is 0 Å². The van der Waals surface area contributed by atoms with E-state index in [0.717, 1.165) is 24.7 Å². The van der Waals surface area contributed by atoms with Gasteiger partial charge in [0.05, 0.1) is 5.75 Å². The first-order valence-electron chi connectivity index (χ1n) is 5.70. The Morgan fingerprint density at radius 1 is 1.56 bits per heavy atom. The van der Waals surface area contributed by atoms with Crippen LogP contribution in [0.4, 0.5) is 0 Å². The van der Waals surface area contributed by atoms with Crippen LogP contribution in [0.3, 0.4) is 0 Å². The van der Waals surface area contributed by atoms with Crippen LogP contribution in [0.1, 0.15) is 18.7 Å². The summed E-state index contributed by atoms with van der Waals surface area (Å²) in [7, 11) is 0. The summed E-state index contributed by atoms with van der Waals surface area (Å²) in [6.07, 6.45) is 2.36. The second-order valence-corrected chi connectivity index (χ2v) is 6.34. The molecule has 1 unspecified atom stereocenters. The molecule has 1 aromatic rings. The minimum Gasteiger partial charge on any atom is -0.481 e. The first-order valence-corrected chi connectivity index (χ1v) is 7.73. The number of aliphatic hydroxyl groups is 1. The van der Waals surface area contributed by atoms with Crippen LogP contribution in [0.25, 0.3) is 0 Å². The summed E-state index contributed by atoms with van der Waals surface area (Å²) in [6.45, 7) is 0.577. The third-order valence-electron chi connectivity index (χ3n) is 2.67. The maximum absolute atomic E-state index is 10.6. The Kier molecular flexibility index (Phi) is 4.90. The van der Waals surface area contributed by atoms with Crippen LogP contribution in [0.5, 0.6) is 0 Å². The van der Waals surface area contributed by atoms with Gasteiger partial charge in [-0.05, 0) is 18.6 Å². The van der Waals surface area contributed by atoms with Gasteiger partial charge in [0, 0.05) is 11.8 Å². The van der Waals surface area contributed by atoms with E-state index in [9.17, 15) is 9.90 Å². The molecule has 8 heteroatoms. The molecule has 0 spiro atoms.